The van der Waals surface area contributed by atoms with Crippen molar-refractivity contribution in [3.8, 4) is 0 Å². The summed E-state index contributed by atoms with van der Waals surface area (Å²) in [5.41, 5.74) is 3.33. The fourth-order valence-electron chi connectivity index (χ4n) is 1.62. The monoisotopic (exact) mass is 238 g/mol. The smallest absolute Gasteiger partial charge is 0.183 e. The van der Waals surface area contributed by atoms with E-state index >= 15 is 0 Å². The predicted octanol–water partition coefficient (Wildman–Crippen LogP) is 3.19. The normalized spacial score (nSPS) is 13.9. The van der Waals surface area contributed by atoms with Crippen LogP contribution in [0.3, 0.4) is 0 Å². The van der Waals surface area contributed by atoms with E-state index in [2.05, 4.69) is 32.6 Å². The summed E-state index contributed by atoms with van der Waals surface area (Å²) in [6.45, 7) is 10.9. The van der Waals surface area contributed by atoms with Crippen LogP contribution in [0.4, 0.5) is 0 Å². The molecule has 1 N–H and O–H groups in total. The Hall–Kier alpha value is -0.643. The van der Waals surface area contributed by atoms with Crippen molar-refractivity contribution in [2.24, 2.45) is 0 Å². The van der Waals surface area contributed by atoms with Crippen LogP contribution in [0.2, 0.25) is 19.6 Å². The highest BCUT2D eigenvalue weighted by molar-refractivity contribution is 6.69. The van der Waals surface area contributed by atoms with Crippen molar-refractivity contribution in [1.29, 1.82) is 0 Å². The van der Waals surface area contributed by atoms with Crippen molar-refractivity contribution < 1.29 is 9.53 Å². The molecule has 0 unspecified atom stereocenters. The van der Waals surface area contributed by atoms with Gasteiger partial charge in [0.2, 0.25) is 0 Å². The molecule has 0 aromatic heterocycles. The van der Waals surface area contributed by atoms with E-state index in [-0.39, 0.29) is 0 Å². The molecule has 0 radical (unpaired) electrons. The summed E-state index contributed by atoms with van der Waals surface area (Å²) in [6, 6.07) is 6.11. The van der Waals surface area contributed by atoms with Gasteiger partial charge in [-0.05, 0) is 44.6 Å². The summed E-state index contributed by atoms with van der Waals surface area (Å²) in [7, 11) is -1.54. The van der Waals surface area contributed by atoms with Crippen molar-refractivity contribution in [1.82, 2.24) is 0 Å². The molecule has 0 aliphatic rings. The second kappa shape index (κ2) is 5.12. The van der Waals surface area contributed by atoms with Crippen molar-refractivity contribution >= 4 is 8.32 Å². The number of rotatable bonds is 4. The van der Waals surface area contributed by atoms with Gasteiger partial charge in [-0.25, -0.2) is 0 Å². The molecule has 0 amide bonds. The lowest BCUT2D eigenvalue weighted by atomic mass is 10.0. The van der Waals surface area contributed by atoms with Gasteiger partial charge in [0.1, 0.15) is 6.10 Å². The highest BCUT2D eigenvalue weighted by Gasteiger charge is 2.18. The summed E-state index contributed by atoms with van der Waals surface area (Å²) in [6.07, 6.45) is -0.507. The number of benzene rings is 1. The molecule has 0 spiro atoms. The second-order valence-electron chi connectivity index (χ2n) is 5.30. The van der Waals surface area contributed by atoms with Crippen molar-refractivity contribution in [2.75, 3.05) is 6.61 Å². The molecule has 1 rings (SSSR count). The summed E-state index contributed by atoms with van der Waals surface area (Å²) < 4.78 is 5.72. The average Bonchev–Trinajstić information content (AvgIpc) is 2.13. The number of aliphatic hydroxyl groups excluding tert-OH is 1. The third kappa shape index (κ3) is 4.08. The summed E-state index contributed by atoms with van der Waals surface area (Å²) in [5, 5.41) is 10.1. The van der Waals surface area contributed by atoms with Crippen molar-refractivity contribution in [2.45, 2.75) is 39.6 Å². The van der Waals surface area contributed by atoms with Gasteiger partial charge in [0, 0.05) is 0 Å². The maximum atomic E-state index is 10.1. The molecule has 0 aliphatic heterocycles. The van der Waals surface area contributed by atoms with Gasteiger partial charge >= 0.3 is 0 Å². The second-order valence-corrected chi connectivity index (χ2v) is 9.81. The minimum atomic E-state index is -1.54. The SMILES string of the molecule is Cc1ccc([C@@H](O)CO[Si](C)(C)C)c(C)c1. The van der Waals surface area contributed by atoms with E-state index in [4.69, 9.17) is 4.43 Å². The molecule has 0 aliphatic carbocycles. The first-order chi connectivity index (χ1) is 7.29. The predicted molar refractivity (Wildman–Crippen MR) is 70.2 cm³/mol. The molecule has 1 aromatic rings. The quantitative estimate of drug-likeness (QED) is 0.816. The number of hydrogen-bond donors (Lipinski definition) is 1. The van der Waals surface area contributed by atoms with E-state index in [0.29, 0.717) is 6.61 Å². The van der Waals surface area contributed by atoms with E-state index in [0.717, 1.165) is 11.1 Å². The highest BCUT2D eigenvalue weighted by Crippen LogP contribution is 2.20. The van der Waals surface area contributed by atoms with Gasteiger partial charge in [-0.3, -0.25) is 0 Å². The van der Waals surface area contributed by atoms with Crippen LogP contribution in [0.25, 0.3) is 0 Å². The standard InChI is InChI=1S/C13H22O2Si/c1-10-6-7-12(11(2)8-10)13(14)9-15-16(3,4)5/h6-8,13-14H,9H2,1-5H3/t13-/m0/s1. The zero-order valence-corrected chi connectivity index (χ0v) is 11.9. The Kier molecular flexibility index (Phi) is 4.30. The Morgan fingerprint density at radius 1 is 1.25 bits per heavy atom. The molecular weight excluding hydrogens is 216 g/mol. The Balaban J connectivity index is 2.70. The maximum Gasteiger partial charge on any atom is 0.183 e. The van der Waals surface area contributed by atoms with Crippen LogP contribution in [0.5, 0.6) is 0 Å². The molecule has 0 heterocycles. The van der Waals surface area contributed by atoms with E-state index in [1.165, 1.54) is 5.56 Å². The molecule has 90 valence electrons. The van der Waals surface area contributed by atoms with Crippen LogP contribution in [-0.2, 0) is 4.43 Å². The van der Waals surface area contributed by atoms with Crippen LogP contribution in [0.1, 0.15) is 22.8 Å². The van der Waals surface area contributed by atoms with Crippen molar-refractivity contribution in [3.63, 3.8) is 0 Å². The van der Waals surface area contributed by atoms with Gasteiger partial charge in [-0.2, -0.15) is 0 Å². The molecule has 0 saturated heterocycles. The Labute approximate surface area is 99.4 Å². The van der Waals surface area contributed by atoms with Crippen LogP contribution in [0.15, 0.2) is 18.2 Å². The highest BCUT2D eigenvalue weighted by atomic mass is 28.4. The molecule has 0 bridgehead atoms. The van der Waals surface area contributed by atoms with E-state index < -0.39 is 14.4 Å². The van der Waals surface area contributed by atoms with E-state index in [1.54, 1.807) is 0 Å². The Morgan fingerprint density at radius 3 is 2.38 bits per heavy atom. The topological polar surface area (TPSA) is 29.5 Å². The minimum Gasteiger partial charge on any atom is -0.415 e. The first kappa shape index (κ1) is 13.4. The summed E-state index contributed by atoms with van der Waals surface area (Å²) >= 11 is 0. The van der Waals surface area contributed by atoms with Gasteiger partial charge in [0.15, 0.2) is 8.32 Å². The van der Waals surface area contributed by atoms with Gasteiger partial charge in [0.05, 0.1) is 6.61 Å². The van der Waals surface area contributed by atoms with Crippen molar-refractivity contribution in [3.05, 3.63) is 34.9 Å². The lowest BCUT2D eigenvalue weighted by molar-refractivity contribution is 0.104. The molecule has 2 nitrogen and oxygen atoms in total. The summed E-state index contributed by atoms with van der Waals surface area (Å²) in [4.78, 5) is 0. The minimum absolute atomic E-state index is 0.402. The number of hydrogen-bond acceptors (Lipinski definition) is 2. The lowest BCUT2D eigenvalue weighted by Gasteiger charge is -2.21. The first-order valence-corrected chi connectivity index (χ1v) is 9.09. The van der Waals surface area contributed by atoms with Crippen LogP contribution in [-0.4, -0.2) is 20.0 Å². The molecule has 1 aromatic carbocycles. The third-order valence-electron chi connectivity index (χ3n) is 2.46. The first-order valence-electron chi connectivity index (χ1n) is 5.69. The maximum absolute atomic E-state index is 10.1. The Bertz CT molecular complexity index is 355. The number of aliphatic hydroxyl groups is 1. The van der Waals surface area contributed by atoms with Gasteiger partial charge in [-0.1, -0.05) is 23.8 Å². The van der Waals surface area contributed by atoms with Gasteiger partial charge in [0.25, 0.3) is 0 Å². The summed E-state index contributed by atoms with van der Waals surface area (Å²) in [5.74, 6) is 0. The molecular formula is C13H22O2Si. The fraction of sp³-hybridized carbons (Fsp3) is 0.538. The van der Waals surface area contributed by atoms with Gasteiger partial charge in [-0.15, -0.1) is 0 Å². The zero-order chi connectivity index (χ0) is 12.3. The largest absolute Gasteiger partial charge is 0.415 e. The van der Waals surface area contributed by atoms with E-state index in [9.17, 15) is 5.11 Å². The average molecular weight is 238 g/mol. The van der Waals surface area contributed by atoms with Crippen LogP contribution >= 0.6 is 0 Å². The van der Waals surface area contributed by atoms with Gasteiger partial charge < -0.3 is 9.53 Å². The molecule has 16 heavy (non-hydrogen) atoms. The lowest BCUT2D eigenvalue weighted by Crippen LogP contribution is -2.28. The third-order valence-corrected chi connectivity index (χ3v) is 3.49. The molecule has 0 fully saturated rings. The van der Waals surface area contributed by atoms with Crippen LogP contribution in [0, 0.1) is 13.8 Å². The zero-order valence-electron chi connectivity index (χ0n) is 10.9. The fourth-order valence-corrected chi connectivity index (χ4v) is 2.28. The Morgan fingerprint density at radius 2 is 1.88 bits per heavy atom. The number of aryl methyl sites for hydroxylation is 2. The molecule has 3 heteroatoms. The van der Waals surface area contributed by atoms with Crippen LogP contribution < -0.4 is 0 Å². The van der Waals surface area contributed by atoms with E-state index in [1.807, 2.05) is 19.1 Å². The molecule has 0 saturated carbocycles. The molecule has 1 atom stereocenters.